The molecule has 2 heterocycles. The summed E-state index contributed by atoms with van der Waals surface area (Å²) >= 11 is 6.00. The summed E-state index contributed by atoms with van der Waals surface area (Å²) in [5, 5.41) is 4.64. The molecular formula is C17H17ClN2O3. The van der Waals surface area contributed by atoms with E-state index in [0.29, 0.717) is 23.9 Å². The first kappa shape index (κ1) is 14.7. The first-order valence-electron chi connectivity index (χ1n) is 7.87. The summed E-state index contributed by atoms with van der Waals surface area (Å²) in [6, 6.07) is 9.18. The van der Waals surface area contributed by atoms with Gasteiger partial charge in [0.1, 0.15) is 5.69 Å². The molecule has 2 aromatic rings. The third-order valence-corrected chi connectivity index (χ3v) is 4.82. The number of amides is 1. The Labute approximate surface area is 139 Å². The molecule has 0 radical (unpaired) electrons. The maximum absolute atomic E-state index is 12.8. The number of hydrogen-bond acceptors (Lipinski definition) is 4. The van der Waals surface area contributed by atoms with Gasteiger partial charge >= 0.3 is 0 Å². The van der Waals surface area contributed by atoms with Crippen LogP contribution in [0.5, 0.6) is 0 Å². The number of halogens is 1. The zero-order chi connectivity index (χ0) is 15.8. The van der Waals surface area contributed by atoms with Gasteiger partial charge in [0.15, 0.2) is 0 Å². The lowest BCUT2D eigenvalue weighted by Crippen LogP contribution is -2.51. The van der Waals surface area contributed by atoms with E-state index >= 15 is 0 Å². The molecule has 1 saturated heterocycles. The molecule has 6 heteroatoms. The number of carbonyl (C=O) groups is 1. The molecule has 2 fully saturated rings. The van der Waals surface area contributed by atoms with Gasteiger partial charge < -0.3 is 14.2 Å². The number of benzene rings is 1. The van der Waals surface area contributed by atoms with Crippen LogP contribution in [-0.4, -0.2) is 41.3 Å². The van der Waals surface area contributed by atoms with Crippen LogP contribution in [0, 0.1) is 0 Å². The van der Waals surface area contributed by atoms with E-state index in [0.717, 1.165) is 24.8 Å². The summed E-state index contributed by atoms with van der Waals surface area (Å²) in [4.78, 5) is 14.6. The second-order valence-electron chi connectivity index (χ2n) is 5.99. The largest absolute Gasteiger partial charge is 0.374 e. The van der Waals surface area contributed by atoms with Crippen molar-refractivity contribution >= 4 is 17.5 Å². The van der Waals surface area contributed by atoms with Gasteiger partial charge in [-0.25, -0.2) is 0 Å². The standard InChI is InChI=1S/C17H17ClN2O3/c18-12-4-1-3-11(9-12)13-10-16(23-19-13)17(21)20-7-8-22-15-6-2-5-14(15)20/h1,3-4,9-10,14-15H,2,5-8H2. The molecule has 1 aliphatic carbocycles. The third-order valence-electron chi connectivity index (χ3n) is 4.58. The zero-order valence-corrected chi connectivity index (χ0v) is 13.3. The minimum absolute atomic E-state index is 0.106. The van der Waals surface area contributed by atoms with Crippen LogP contribution in [0.1, 0.15) is 29.8 Å². The van der Waals surface area contributed by atoms with Gasteiger partial charge in [0.2, 0.25) is 5.76 Å². The van der Waals surface area contributed by atoms with Crippen molar-refractivity contribution in [3.05, 3.63) is 41.1 Å². The first-order chi connectivity index (χ1) is 11.2. The SMILES string of the molecule is O=C(c1cc(-c2cccc(Cl)c2)no1)N1CCOC2CCCC21. The fraction of sp³-hybridized carbons (Fsp3) is 0.412. The van der Waals surface area contributed by atoms with Crippen LogP contribution < -0.4 is 0 Å². The summed E-state index contributed by atoms with van der Waals surface area (Å²) in [5.74, 6) is 0.165. The van der Waals surface area contributed by atoms with Crippen LogP contribution in [0.25, 0.3) is 11.3 Å². The molecule has 4 rings (SSSR count). The molecule has 2 atom stereocenters. The van der Waals surface area contributed by atoms with Gasteiger partial charge in [-0.1, -0.05) is 28.9 Å². The van der Waals surface area contributed by atoms with Crippen LogP contribution in [0.3, 0.4) is 0 Å². The van der Waals surface area contributed by atoms with E-state index in [2.05, 4.69) is 5.16 Å². The van der Waals surface area contributed by atoms with Gasteiger partial charge in [-0.15, -0.1) is 0 Å². The minimum Gasteiger partial charge on any atom is -0.374 e. The van der Waals surface area contributed by atoms with E-state index < -0.39 is 0 Å². The van der Waals surface area contributed by atoms with Crippen molar-refractivity contribution in [3.8, 4) is 11.3 Å². The lowest BCUT2D eigenvalue weighted by molar-refractivity contribution is -0.0456. The molecule has 0 spiro atoms. The number of fused-ring (bicyclic) bond motifs is 1. The van der Waals surface area contributed by atoms with Crippen LogP contribution in [0.4, 0.5) is 0 Å². The van der Waals surface area contributed by atoms with Crippen molar-refractivity contribution in [1.82, 2.24) is 10.1 Å². The Morgan fingerprint density at radius 3 is 3.09 bits per heavy atom. The molecule has 1 amide bonds. The molecule has 2 aliphatic rings. The summed E-state index contributed by atoms with van der Waals surface area (Å²) in [5.41, 5.74) is 1.45. The van der Waals surface area contributed by atoms with E-state index in [9.17, 15) is 4.79 Å². The molecule has 1 saturated carbocycles. The quantitative estimate of drug-likeness (QED) is 0.846. The highest BCUT2D eigenvalue weighted by Gasteiger charge is 2.39. The number of hydrogen-bond donors (Lipinski definition) is 0. The normalized spacial score (nSPS) is 23.8. The van der Waals surface area contributed by atoms with Crippen LogP contribution in [0.2, 0.25) is 5.02 Å². The highest BCUT2D eigenvalue weighted by atomic mass is 35.5. The fourth-order valence-corrected chi connectivity index (χ4v) is 3.67. The molecule has 120 valence electrons. The molecule has 2 unspecified atom stereocenters. The number of aromatic nitrogens is 1. The van der Waals surface area contributed by atoms with E-state index in [1.807, 2.05) is 17.0 Å². The average molecular weight is 333 g/mol. The number of ether oxygens (including phenoxy) is 1. The topological polar surface area (TPSA) is 55.6 Å². The molecule has 23 heavy (non-hydrogen) atoms. The van der Waals surface area contributed by atoms with E-state index in [4.69, 9.17) is 20.9 Å². The van der Waals surface area contributed by atoms with Gasteiger partial charge in [0.25, 0.3) is 5.91 Å². The third kappa shape index (κ3) is 2.75. The highest BCUT2D eigenvalue weighted by molar-refractivity contribution is 6.30. The van der Waals surface area contributed by atoms with Gasteiger partial charge in [-0.05, 0) is 31.4 Å². The second-order valence-corrected chi connectivity index (χ2v) is 6.43. The Bertz CT molecular complexity index is 730. The number of rotatable bonds is 2. The fourth-order valence-electron chi connectivity index (χ4n) is 3.48. The molecule has 0 bridgehead atoms. The Hall–Kier alpha value is -1.85. The van der Waals surface area contributed by atoms with E-state index in [1.54, 1.807) is 18.2 Å². The summed E-state index contributed by atoms with van der Waals surface area (Å²) < 4.78 is 11.0. The molecular weight excluding hydrogens is 316 g/mol. The lowest BCUT2D eigenvalue weighted by Gasteiger charge is -2.37. The summed E-state index contributed by atoms with van der Waals surface area (Å²) in [6.45, 7) is 1.19. The average Bonchev–Trinajstić information content (AvgIpc) is 3.23. The zero-order valence-electron chi connectivity index (χ0n) is 12.6. The maximum Gasteiger partial charge on any atom is 0.292 e. The maximum atomic E-state index is 12.8. The predicted molar refractivity (Wildman–Crippen MR) is 85.4 cm³/mol. The Kier molecular flexibility index (Phi) is 3.83. The molecule has 1 aromatic heterocycles. The van der Waals surface area contributed by atoms with Gasteiger partial charge in [0, 0.05) is 23.2 Å². The van der Waals surface area contributed by atoms with Crippen molar-refractivity contribution in [3.63, 3.8) is 0 Å². The number of morpholine rings is 1. The second kappa shape index (κ2) is 5.98. The monoisotopic (exact) mass is 332 g/mol. The van der Waals surface area contributed by atoms with Crippen LogP contribution in [0.15, 0.2) is 34.9 Å². The van der Waals surface area contributed by atoms with E-state index in [-0.39, 0.29) is 23.8 Å². The van der Waals surface area contributed by atoms with Gasteiger partial charge in [0.05, 0.1) is 18.8 Å². The number of carbonyl (C=O) groups excluding carboxylic acids is 1. The molecule has 5 nitrogen and oxygen atoms in total. The molecule has 0 N–H and O–H groups in total. The first-order valence-corrected chi connectivity index (χ1v) is 8.25. The van der Waals surface area contributed by atoms with Crippen molar-refractivity contribution < 1.29 is 14.1 Å². The highest BCUT2D eigenvalue weighted by Crippen LogP contribution is 2.31. The van der Waals surface area contributed by atoms with Gasteiger partial charge in [-0.3, -0.25) is 4.79 Å². The van der Waals surface area contributed by atoms with Crippen molar-refractivity contribution in [2.45, 2.75) is 31.4 Å². The van der Waals surface area contributed by atoms with Gasteiger partial charge in [-0.2, -0.15) is 0 Å². The van der Waals surface area contributed by atoms with Crippen molar-refractivity contribution in [1.29, 1.82) is 0 Å². The Morgan fingerprint density at radius 1 is 1.30 bits per heavy atom. The Balaban J connectivity index is 1.57. The molecule has 1 aliphatic heterocycles. The smallest absolute Gasteiger partial charge is 0.292 e. The lowest BCUT2D eigenvalue weighted by atomic mass is 10.1. The van der Waals surface area contributed by atoms with Crippen LogP contribution in [-0.2, 0) is 4.74 Å². The number of nitrogens with zero attached hydrogens (tertiary/aromatic N) is 2. The van der Waals surface area contributed by atoms with Crippen molar-refractivity contribution in [2.24, 2.45) is 0 Å². The van der Waals surface area contributed by atoms with Crippen molar-refractivity contribution in [2.75, 3.05) is 13.2 Å². The summed E-state index contributed by atoms with van der Waals surface area (Å²) in [6.07, 6.45) is 3.29. The molecule has 1 aromatic carbocycles. The minimum atomic E-state index is -0.106. The van der Waals surface area contributed by atoms with E-state index in [1.165, 1.54) is 0 Å². The summed E-state index contributed by atoms with van der Waals surface area (Å²) in [7, 11) is 0. The Morgan fingerprint density at radius 2 is 2.22 bits per heavy atom. The van der Waals surface area contributed by atoms with Crippen LogP contribution >= 0.6 is 11.6 Å². The predicted octanol–water partition coefficient (Wildman–Crippen LogP) is 3.39.